The van der Waals surface area contributed by atoms with Gasteiger partial charge in [0.1, 0.15) is 0 Å². The fraction of sp³-hybridized carbons (Fsp3) is 0.588. The van der Waals surface area contributed by atoms with Crippen molar-refractivity contribution in [3.8, 4) is 0 Å². The molecule has 1 unspecified atom stereocenters. The molecule has 0 saturated carbocycles. The summed E-state index contributed by atoms with van der Waals surface area (Å²) in [5.41, 5.74) is 0.975. The van der Waals surface area contributed by atoms with E-state index in [0.717, 1.165) is 31.5 Å². The summed E-state index contributed by atoms with van der Waals surface area (Å²) >= 11 is 0. The number of hydrogen-bond acceptors (Lipinski definition) is 3. The van der Waals surface area contributed by atoms with Gasteiger partial charge in [-0.1, -0.05) is 19.9 Å². The molecule has 5 nitrogen and oxygen atoms in total. The van der Waals surface area contributed by atoms with E-state index in [1.165, 1.54) is 0 Å². The Bertz CT molecular complexity index is 502. The van der Waals surface area contributed by atoms with Crippen molar-refractivity contribution in [2.75, 3.05) is 19.6 Å². The minimum absolute atomic E-state index is 0.00836. The third kappa shape index (κ3) is 4.55. The quantitative estimate of drug-likeness (QED) is 0.899. The van der Waals surface area contributed by atoms with E-state index < -0.39 is 0 Å². The van der Waals surface area contributed by atoms with Crippen molar-refractivity contribution >= 4 is 11.8 Å². The highest BCUT2D eigenvalue weighted by molar-refractivity contribution is 5.82. The largest absolute Gasteiger partial charge is 0.355 e. The van der Waals surface area contributed by atoms with E-state index in [1.807, 2.05) is 36.9 Å². The summed E-state index contributed by atoms with van der Waals surface area (Å²) in [4.78, 5) is 30.4. The van der Waals surface area contributed by atoms with Crippen molar-refractivity contribution in [1.29, 1.82) is 0 Å². The topological polar surface area (TPSA) is 62.3 Å². The fourth-order valence-corrected chi connectivity index (χ4v) is 2.76. The van der Waals surface area contributed by atoms with E-state index in [-0.39, 0.29) is 23.7 Å². The molecule has 1 atom stereocenters. The lowest BCUT2D eigenvalue weighted by Crippen LogP contribution is -2.46. The van der Waals surface area contributed by atoms with Gasteiger partial charge in [0.15, 0.2) is 0 Å². The predicted molar refractivity (Wildman–Crippen MR) is 85.1 cm³/mol. The van der Waals surface area contributed by atoms with Crippen molar-refractivity contribution in [3.63, 3.8) is 0 Å². The summed E-state index contributed by atoms with van der Waals surface area (Å²) in [5, 5.41) is 2.97. The first-order valence-corrected chi connectivity index (χ1v) is 8.04. The Morgan fingerprint density at radius 1 is 1.41 bits per heavy atom. The fourth-order valence-electron chi connectivity index (χ4n) is 2.76. The number of nitrogens with zero attached hydrogens (tertiary/aromatic N) is 2. The SMILES string of the molecule is CC(C)C(=O)N1CCCC(C(=O)NCCc2ccccn2)C1. The molecule has 1 N–H and O–H groups in total. The standard InChI is InChI=1S/C17H25N3O2/c1-13(2)17(22)20-11-5-6-14(12-20)16(21)19-10-8-15-7-3-4-9-18-15/h3-4,7,9,13-14H,5-6,8,10-12H2,1-2H3,(H,19,21). The number of pyridine rings is 1. The number of carbonyl (C=O) groups is 2. The van der Waals surface area contributed by atoms with Crippen LogP contribution in [-0.2, 0) is 16.0 Å². The molecule has 22 heavy (non-hydrogen) atoms. The Kier molecular flexibility index (Phi) is 5.92. The molecule has 0 aromatic carbocycles. The number of rotatable bonds is 5. The van der Waals surface area contributed by atoms with Gasteiger partial charge in [0.2, 0.25) is 11.8 Å². The lowest BCUT2D eigenvalue weighted by atomic mass is 9.96. The van der Waals surface area contributed by atoms with Gasteiger partial charge < -0.3 is 10.2 Å². The Morgan fingerprint density at radius 2 is 2.23 bits per heavy atom. The highest BCUT2D eigenvalue weighted by atomic mass is 16.2. The molecule has 1 aromatic heterocycles. The monoisotopic (exact) mass is 303 g/mol. The Labute approximate surface area is 132 Å². The van der Waals surface area contributed by atoms with E-state index in [9.17, 15) is 9.59 Å². The van der Waals surface area contributed by atoms with Crippen LogP contribution in [0.15, 0.2) is 24.4 Å². The smallest absolute Gasteiger partial charge is 0.225 e. The Balaban J connectivity index is 1.78. The number of amides is 2. The zero-order chi connectivity index (χ0) is 15.9. The molecule has 1 aliphatic rings. The van der Waals surface area contributed by atoms with Crippen molar-refractivity contribution in [2.45, 2.75) is 33.1 Å². The van der Waals surface area contributed by atoms with Crippen molar-refractivity contribution in [2.24, 2.45) is 11.8 Å². The summed E-state index contributed by atoms with van der Waals surface area (Å²) in [6, 6.07) is 5.78. The van der Waals surface area contributed by atoms with Crippen LogP contribution in [0.3, 0.4) is 0 Å². The zero-order valence-corrected chi connectivity index (χ0v) is 13.4. The molecule has 2 amide bonds. The summed E-state index contributed by atoms with van der Waals surface area (Å²) in [7, 11) is 0. The second-order valence-electron chi connectivity index (χ2n) is 6.14. The minimum atomic E-state index is -0.0832. The molecule has 0 radical (unpaired) electrons. The first kappa shape index (κ1) is 16.5. The lowest BCUT2D eigenvalue weighted by Gasteiger charge is -2.33. The van der Waals surface area contributed by atoms with Crippen molar-refractivity contribution in [1.82, 2.24) is 15.2 Å². The van der Waals surface area contributed by atoms with Gasteiger partial charge in [0.05, 0.1) is 5.92 Å². The van der Waals surface area contributed by atoms with Crippen LogP contribution in [0.25, 0.3) is 0 Å². The lowest BCUT2D eigenvalue weighted by molar-refractivity contribution is -0.138. The number of piperidine rings is 1. The van der Waals surface area contributed by atoms with E-state index >= 15 is 0 Å². The first-order chi connectivity index (χ1) is 10.6. The molecule has 2 rings (SSSR count). The van der Waals surface area contributed by atoms with Crippen LogP contribution < -0.4 is 5.32 Å². The summed E-state index contributed by atoms with van der Waals surface area (Å²) < 4.78 is 0. The van der Waals surface area contributed by atoms with E-state index in [1.54, 1.807) is 6.20 Å². The van der Waals surface area contributed by atoms with E-state index in [4.69, 9.17) is 0 Å². The average Bonchev–Trinajstić information content (AvgIpc) is 2.55. The van der Waals surface area contributed by atoms with Crippen LogP contribution in [0.1, 0.15) is 32.4 Å². The highest BCUT2D eigenvalue weighted by Gasteiger charge is 2.28. The van der Waals surface area contributed by atoms with Crippen LogP contribution in [0.4, 0.5) is 0 Å². The third-order valence-electron chi connectivity index (χ3n) is 4.00. The summed E-state index contributed by atoms with van der Waals surface area (Å²) in [6.07, 6.45) is 4.25. The van der Waals surface area contributed by atoms with Gasteiger partial charge >= 0.3 is 0 Å². The van der Waals surface area contributed by atoms with E-state index in [2.05, 4.69) is 10.3 Å². The second kappa shape index (κ2) is 7.92. The van der Waals surface area contributed by atoms with Crippen LogP contribution in [-0.4, -0.2) is 41.3 Å². The average molecular weight is 303 g/mol. The van der Waals surface area contributed by atoms with Crippen LogP contribution in [0, 0.1) is 11.8 Å². The van der Waals surface area contributed by atoms with Gasteiger partial charge in [0, 0.05) is 43.9 Å². The third-order valence-corrected chi connectivity index (χ3v) is 4.00. The van der Waals surface area contributed by atoms with Crippen LogP contribution in [0.5, 0.6) is 0 Å². The Hall–Kier alpha value is -1.91. The molecule has 120 valence electrons. The van der Waals surface area contributed by atoms with Crippen LogP contribution in [0.2, 0.25) is 0 Å². The molecule has 1 saturated heterocycles. The van der Waals surface area contributed by atoms with Gasteiger partial charge in [-0.3, -0.25) is 14.6 Å². The molecular weight excluding hydrogens is 278 g/mol. The molecule has 2 heterocycles. The molecule has 5 heteroatoms. The molecule has 0 aliphatic carbocycles. The normalized spacial score (nSPS) is 18.3. The summed E-state index contributed by atoms with van der Waals surface area (Å²) in [5.74, 6) is 0.106. The van der Waals surface area contributed by atoms with Gasteiger partial charge in [-0.15, -0.1) is 0 Å². The predicted octanol–water partition coefficient (Wildman–Crippen LogP) is 1.63. The molecule has 1 fully saturated rings. The molecular formula is C17H25N3O2. The van der Waals surface area contributed by atoms with Crippen molar-refractivity contribution < 1.29 is 9.59 Å². The molecule has 1 aliphatic heterocycles. The van der Waals surface area contributed by atoms with Gasteiger partial charge in [-0.25, -0.2) is 0 Å². The Morgan fingerprint density at radius 3 is 2.91 bits per heavy atom. The maximum absolute atomic E-state index is 12.3. The number of likely N-dealkylation sites (tertiary alicyclic amines) is 1. The van der Waals surface area contributed by atoms with Gasteiger partial charge in [0.25, 0.3) is 0 Å². The number of nitrogens with one attached hydrogen (secondary N) is 1. The highest BCUT2D eigenvalue weighted by Crippen LogP contribution is 2.18. The molecule has 0 spiro atoms. The molecule has 1 aromatic rings. The number of carbonyl (C=O) groups excluding carboxylic acids is 2. The van der Waals surface area contributed by atoms with Gasteiger partial charge in [-0.2, -0.15) is 0 Å². The first-order valence-electron chi connectivity index (χ1n) is 8.04. The second-order valence-corrected chi connectivity index (χ2v) is 6.14. The zero-order valence-electron chi connectivity index (χ0n) is 13.4. The van der Waals surface area contributed by atoms with E-state index in [0.29, 0.717) is 13.1 Å². The maximum Gasteiger partial charge on any atom is 0.225 e. The number of aromatic nitrogens is 1. The van der Waals surface area contributed by atoms with Gasteiger partial charge in [-0.05, 0) is 25.0 Å². The molecule has 0 bridgehead atoms. The summed E-state index contributed by atoms with van der Waals surface area (Å²) in [6.45, 7) is 5.71. The maximum atomic E-state index is 12.3. The van der Waals surface area contributed by atoms with Crippen molar-refractivity contribution in [3.05, 3.63) is 30.1 Å². The van der Waals surface area contributed by atoms with Crippen LogP contribution >= 0.6 is 0 Å². The number of hydrogen-bond donors (Lipinski definition) is 1. The minimum Gasteiger partial charge on any atom is -0.355 e.